The Morgan fingerprint density at radius 3 is 2.27 bits per heavy atom. The van der Waals surface area contributed by atoms with Crippen molar-refractivity contribution in [3.8, 4) is 6.07 Å². The first-order valence-corrected chi connectivity index (χ1v) is 9.96. The molecule has 0 heterocycles. The average molecular weight is 347 g/mol. The Balaban J connectivity index is 1.67. The topological polar surface area (TPSA) is 35.8 Å². The molecule has 0 aromatic heterocycles. The van der Waals surface area contributed by atoms with Gasteiger partial charge in [-0.15, -0.1) is 0 Å². The van der Waals surface area contributed by atoms with Gasteiger partial charge in [-0.25, -0.2) is 0 Å². The SMILES string of the molecule is CCc1ccccc1CNCC1C[C@](C#N)(c2ccccc2)CC1CC. The maximum Gasteiger partial charge on any atom is 0.0828 e. The first kappa shape index (κ1) is 18.7. The summed E-state index contributed by atoms with van der Waals surface area (Å²) < 4.78 is 0. The molecule has 3 atom stereocenters. The minimum Gasteiger partial charge on any atom is -0.312 e. The number of nitriles is 1. The Kier molecular flexibility index (Phi) is 6.12. The van der Waals surface area contributed by atoms with Crippen molar-refractivity contribution in [2.75, 3.05) is 6.54 Å². The number of aryl methyl sites for hydroxylation is 1. The van der Waals surface area contributed by atoms with Crippen molar-refractivity contribution in [1.82, 2.24) is 5.32 Å². The molecule has 3 rings (SSSR count). The second-order valence-electron chi connectivity index (χ2n) is 7.65. The Morgan fingerprint density at radius 2 is 1.62 bits per heavy atom. The van der Waals surface area contributed by atoms with E-state index < -0.39 is 0 Å². The lowest BCUT2D eigenvalue weighted by molar-refractivity contribution is 0.357. The van der Waals surface area contributed by atoms with E-state index in [0.717, 1.165) is 38.8 Å². The summed E-state index contributed by atoms with van der Waals surface area (Å²) >= 11 is 0. The quantitative estimate of drug-likeness (QED) is 0.744. The van der Waals surface area contributed by atoms with Gasteiger partial charge in [0.05, 0.1) is 11.5 Å². The second-order valence-corrected chi connectivity index (χ2v) is 7.65. The van der Waals surface area contributed by atoms with E-state index in [9.17, 15) is 5.26 Å². The van der Waals surface area contributed by atoms with Crippen molar-refractivity contribution in [2.24, 2.45) is 11.8 Å². The summed E-state index contributed by atoms with van der Waals surface area (Å²) in [6, 6.07) is 21.8. The van der Waals surface area contributed by atoms with Crippen LogP contribution in [0.2, 0.25) is 0 Å². The Labute approximate surface area is 158 Å². The Morgan fingerprint density at radius 1 is 0.962 bits per heavy atom. The van der Waals surface area contributed by atoms with Gasteiger partial charge >= 0.3 is 0 Å². The molecule has 1 aliphatic carbocycles. The van der Waals surface area contributed by atoms with Crippen LogP contribution in [0.5, 0.6) is 0 Å². The average Bonchev–Trinajstić information content (AvgIpc) is 3.08. The Bertz CT molecular complexity index is 746. The molecule has 2 nitrogen and oxygen atoms in total. The lowest BCUT2D eigenvalue weighted by Crippen LogP contribution is -2.26. The van der Waals surface area contributed by atoms with Crippen LogP contribution >= 0.6 is 0 Å². The molecular weight excluding hydrogens is 316 g/mol. The predicted molar refractivity (Wildman–Crippen MR) is 108 cm³/mol. The van der Waals surface area contributed by atoms with Crippen molar-refractivity contribution >= 4 is 0 Å². The van der Waals surface area contributed by atoms with Gasteiger partial charge in [-0.3, -0.25) is 0 Å². The largest absolute Gasteiger partial charge is 0.312 e. The van der Waals surface area contributed by atoms with Gasteiger partial charge < -0.3 is 5.32 Å². The summed E-state index contributed by atoms with van der Waals surface area (Å²) in [6.07, 6.45) is 4.18. The lowest BCUT2D eigenvalue weighted by atomic mass is 9.79. The standard InChI is InChI=1S/C24H30N2/c1-3-19-10-8-9-11-21(19)16-26-17-22-15-24(18-25,14-20(22)4-2)23-12-6-5-7-13-23/h5-13,20,22,26H,3-4,14-17H2,1-2H3/t20?,22?,24-/m1/s1. The predicted octanol–water partition coefficient (Wildman–Crippen LogP) is 5.24. The Hall–Kier alpha value is -2.11. The minimum absolute atomic E-state index is 0.310. The normalized spacial score (nSPS) is 25.1. The molecule has 0 amide bonds. The summed E-state index contributed by atoms with van der Waals surface area (Å²) in [5.41, 5.74) is 3.71. The summed E-state index contributed by atoms with van der Waals surface area (Å²) in [5.74, 6) is 1.18. The van der Waals surface area contributed by atoms with E-state index in [1.807, 2.05) is 6.07 Å². The zero-order valence-corrected chi connectivity index (χ0v) is 16.0. The van der Waals surface area contributed by atoms with Crippen LogP contribution < -0.4 is 5.32 Å². The highest BCUT2D eigenvalue weighted by Crippen LogP contribution is 2.48. The van der Waals surface area contributed by atoms with Gasteiger partial charge in [0, 0.05) is 6.54 Å². The zero-order valence-electron chi connectivity index (χ0n) is 16.0. The smallest absolute Gasteiger partial charge is 0.0828 e. The van der Waals surface area contributed by atoms with Gasteiger partial charge in [-0.1, -0.05) is 74.9 Å². The molecule has 1 aliphatic rings. The van der Waals surface area contributed by atoms with Crippen molar-refractivity contribution in [2.45, 2.75) is 51.5 Å². The monoisotopic (exact) mass is 346 g/mol. The molecule has 0 radical (unpaired) electrons. The minimum atomic E-state index is -0.310. The highest BCUT2D eigenvalue weighted by Gasteiger charge is 2.45. The maximum atomic E-state index is 10.0. The van der Waals surface area contributed by atoms with Crippen molar-refractivity contribution < 1.29 is 0 Å². The first-order chi connectivity index (χ1) is 12.7. The molecule has 2 heteroatoms. The van der Waals surface area contributed by atoms with E-state index in [1.54, 1.807) is 0 Å². The van der Waals surface area contributed by atoms with Crippen LogP contribution in [-0.2, 0) is 18.4 Å². The molecule has 0 saturated heterocycles. The van der Waals surface area contributed by atoms with Crippen LogP contribution in [0.3, 0.4) is 0 Å². The molecule has 1 fully saturated rings. The molecule has 2 unspecified atom stereocenters. The molecule has 0 spiro atoms. The van der Waals surface area contributed by atoms with Gasteiger partial charge in [0.15, 0.2) is 0 Å². The summed E-state index contributed by atoms with van der Waals surface area (Å²) in [5, 5.41) is 13.7. The molecule has 1 saturated carbocycles. The van der Waals surface area contributed by atoms with Gasteiger partial charge in [-0.2, -0.15) is 5.26 Å². The third-order valence-electron chi connectivity index (χ3n) is 6.17. The zero-order chi connectivity index (χ0) is 18.4. The number of hydrogen-bond acceptors (Lipinski definition) is 2. The maximum absolute atomic E-state index is 10.0. The van der Waals surface area contributed by atoms with Gasteiger partial charge in [0.1, 0.15) is 0 Å². The summed E-state index contributed by atoms with van der Waals surface area (Å²) in [4.78, 5) is 0. The first-order valence-electron chi connectivity index (χ1n) is 9.96. The van der Waals surface area contributed by atoms with Crippen LogP contribution in [-0.4, -0.2) is 6.54 Å². The van der Waals surface area contributed by atoms with Crippen LogP contribution in [0.1, 0.15) is 49.8 Å². The number of nitrogens with one attached hydrogen (secondary N) is 1. The molecule has 136 valence electrons. The molecule has 26 heavy (non-hydrogen) atoms. The van der Waals surface area contributed by atoms with Crippen LogP contribution in [0, 0.1) is 23.2 Å². The van der Waals surface area contributed by atoms with E-state index in [0.29, 0.717) is 11.8 Å². The van der Waals surface area contributed by atoms with E-state index in [1.165, 1.54) is 16.7 Å². The van der Waals surface area contributed by atoms with Gasteiger partial charge in [0.2, 0.25) is 0 Å². The number of nitrogens with zero attached hydrogens (tertiary/aromatic N) is 1. The molecule has 0 aliphatic heterocycles. The lowest BCUT2D eigenvalue weighted by Gasteiger charge is -2.21. The van der Waals surface area contributed by atoms with E-state index in [2.05, 4.69) is 73.8 Å². The van der Waals surface area contributed by atoms with E-state index >= 15 is 0 Å². The fraction of sp³-hybridized carbons (Fsp3) is 0.458. The van der Waals surface area contributed by atoms with Crippen LogP contribution in [0.4, 0.5) is 0 Å². The van der Waals surface area contributed by atoms with Crippen molar-refractivity contribution in [3.05, 3.63) is 71.3 Å². The fourth-order valence-electron chi connectivity index (χ4n) is 4.64. The van der Waals surface area contributed by atoms with Crippen molar-refractivity contribution in [3.63, 3.8) is 0 Å². The fourth-order valence-corrected chi connectivity index (χ4v) is 4.64. The summed E-state index contributed by atoms with van der Waals surface area (Å²) in [7, 11) is 0. The number of benzene rings is 2. The molecule has 2 aromatic rings. The van der Waals surface area contributed by atoms with E-state index in [4.69, 9.17) is 0 Å². The van der Waals surface area contributed by atoms with Gasteiger partial charge in [-0.05, 0) is 54.3 Å². The van der Waals surface area contributed by atoms with Crippen LogP contribution in [0.15, 0.2) is 54.6 Å². The summed E-state index contributed by atoms with van der Waals surface area (Å²) in [6.45, 7) is 6.39. The third-order valence-corrected chi connectivity index (χ3v) is 6.17. The molecule has 1 N–H and O–H groups in total. The van der Waals surface area contributed by atoms with Crippen LogP contribution in [0.25, 0.3) is 0 Å². The van der Waals surface area contributed by atoms with Crippen molar-refractivity contribution in [1.29, 1.82) is 5.26 Å². The molecular formula is C24H30N2. The second kappa shape index (κ2) is 8.52. The molecule has 0 bridgehead atoms. The number of hydrogen-bond donors (Lipinski definition) is 1. The molecule has 2 aromatic carbocycles. The highest BCUT2D eigenvalue weighted by molar-refractivity contribution is 5.34. The highest BCUT2D eigenvalue weighted by atomic mass is 14.9. The number of rotatable bonds is 7. The third kappa shape index (κ3) is 3.84. The van der Waals surface area contributed by atoms with E-state index in [-0.39, 0.29) is 5.41 Å². The van der Waals surface area contributed by atoms with Gasteiger partial charge in [0.25, 0.3) is 0 Å².